The number of esters is 2. The summed E-state index contributed by atoms with van der Waals surface area (Å²) in [5.41, 5.74) is 1.57. The molecule has 0 aliphatic heterocycles. The van der Waals surface area contributed by atoms with Crippen LogP contribution in [0.4, 0.5) is 0 Å². The van der Waals surface area contributed by atoms with Crippen LogP contribution >= 0.6 is 0 Å². The zero-order valence-corrected chi connectivity index (χ0v) is 22.5. The summed E-state index contributed by atoms with van der Waals surface area (Å²) in [6.45, 7) is 3.24. The van der Waals surface area contributed by atoms with Crippen LogP contribution in [0, 0.1) is 0 Å². The Labute approximate surface area is 234 Å². The minimum Gasteiger partial charge on any atom is -0.425 e. The fourth-order valence-corrected chi connectivity index (χ4v) is 3.46. The normalized spacial score (nSPS) is 11.1. The molecule has 1 unspecified atom stereocenters. The molecule has 1 atom stereocenters. The highest BCUT2D eigenvalue weighted by Crippen LogP contribution is 2.23. The molecule has 4 rings (SSSR count). The largest absolute Gasteiger partial charge is 0.425 e. The summed E-state index contributed by atoms with van der Waals surface area (Å²) < 4.78 is 20.8. The summed E-state index contributed by atoms with van der Waals surface area (Å²) in [6, 6.07) is 36.1. The average Bonchev–Trinajstić information content (AvgIpc) is 2.98. The molecule has 0 N–H and O–H groups in total. The first kappa shape index (κ1) is 30.0. The van der Waals surface area contributed by atoms with Crippen molar-refractivity contribution in [3.63, 3.8) is 0 Å². The molecule has 0 fully saturated rings. The van der Waals surface area contributed by atoms with E-state index in [1.165, 1.54) is 0 Å². The molecule has 0 saturated carbocycles. The van der Waals surface area contributed by atoms with E-state index in [0.29, 0.717) is 17.1 Å². The Morgan fingerprint density at radius 3 is 1.40 bits per heavy atom. The molecule has 0 aliphatic rings. The van der Waals surface area contributed by atoms with Gasteiger partial charge in [-0.3, -0.25) is 4.79 Å². The number of rotatable bonds is 11. The molecule has 7 heteroatoms. The van der Waals surface area contributed by atoms with Crippen LogP contribution in [0.25, 0.3) is 0 Å². The number of benzene rings is 4. The molecule has 0 saturated heterocycles. The standard InChI is InChI=1S/C17H18O2.C16H14O5/c1-13(2)19-17(15-11-7-4-8-12-15)16(18)14-9-5-3-6-10-14;17-15(20-13-7-3-1-4-8-13)11-19-12-16(18)21-14-9-5-2-6-10-14/h3-13,17H,1-2H3;1-10H,11-12H2. The minimum absolute atomic E-state index is 0.000463. The Morgan fingerprint density at radius 2 is 0.975 bits per heavy atom. The monoisotopic (exact) mass is 540 g/mol. The summed E-state index contributed by atoms with van der Waals surface area (Å²) in [5, 5.41) is 0. The Balaban J connectivity index is 0.000000222. The molecule has 0 heterocycles. The average molecular weight is 541 g/mol. The molecular weight excluding hydrogens is 508 g/mol. The van der Waals surface area contributed by atoms with Gasteiger partial charge in [0, 0.05) is 5.56 Å². The first-order chi connectivity index (χ1) is 19.4. The van der Waals surface area contributed by atoms with Gasteiger partial charge >= 0.3 is 11.9 Å². The van der Waals surface area contributed by atoms with Gasteiger partial charge in [-0.1, -0.05) is 97.1 Å². The van der Waals surface area contributed by atoms with Gasteiger partial charge in [0.25, 0.3) is 0 Å². The number of ketones is 1. The molecular formula is C33H32O7. The lowest BCUT2D eigenvalue weighted by molar-refractivity contribution is -0.145. The Morgan fingerprint density at radius 1 is 0.575 bits per heavy atom. The third kappa shape index (κ3) is 10.6. The number of para-hydroxylation sites is 2. The molecule has 0 aliphatic carbocycles. The Kier molecular flexibility index (Phi) is 12.3. The first-order valence-electron chi connectivity index (χ1n) is 12.8. The van der Waals surface area contributed by atoms with E-state index in [2.05, 4.69) is 0 Å². The van der Waals surface area contributed by atoms with Crippen LogP contribution in [-0.2, 0) is 19.1 Å². The topological polar surface area (TPSA) is 88.1 Å². The van der Waals surface area contributed by atoms with Crippen LogP contribution in [0.3, 0.4) is 0 Å². The summed E-state index contributed by atoms with van der Waals surface area (Å²) >= 11 is 0. The Hall–Kier alpha value is -4.59. The third-order valence-corrected chi connectivity index (χ3v) is 5.20. The zero-order valence-electron chi connectivity index (χ0n) is 22.5. The summed E-state index contributed by atoms with van der Waals surface area (Å²) in [5.74, 6) is -0.293. The van der Waals surface area contributed by atoms with Gasteiger partial charge in [-0.15, -0.1) is 0 Å². The van der Waals surface area contributed by atoms with Crippen molar-refractivity contribution >= 4 is 17.7 Å². The zero-order chi connectivity index (χ0) is 28.6. The quantitative estimate of drug-likeness (QED) is 0.126. The fourth-order valence-electron chi connectivity index (χ4n) is 3.46. The van der Waals surface area contributed by atoms with E-state index < -0.39 is 18.0 Å². The molecule has 0 spiro atoms. The molecule has 0 radical (unpaired) electrons. The second kappa shape index (κ2) is 16.4. The van der Waals surface area contributed by atoms with Crippen LogP contribution in [-0.4, -0.2) is 37.0 Å². The van der Waals surface area contributed by atoms with Gasteiger partial charge in [-0.05, 0) is 43.7 Å². The van der Waals surface area contributed by atoms with Gasteiger partial charge in [0.2, 0.25) is 0 Å². The third-order valence-electron chi connectivity index (χ3n) is 5.20. The number of ether oxygens (including phenoxy) is 4. The molecule has 0 amide bonds. The van der Waals surface area contributed by atoms with E-state index in [1.807, 2.05) is 86.6 Å². The second-order valence-corrected chi connectivity index (χ2v) is 8.77. The summed E-state index contributed by atoms with van der Waals surface area (Å²) in [4.78, 5) is 35.5. The maximum Gasteiger partial charge on any atom is 0.337 e. The van der Waals surface area contributed by atoms with E-state index in [-0.39, 0.29) is 25.1 Å². The Bertz CT molecular complexity index is 1250. The SMILES string of the molecule is CC(C)OC(C(=O)c1ccccc1)c1ccccc1.O=C(COCC(=O)Oc1ccccc1)Oc1ccccc1. The number of Topliss-reactive ketones (excluding diaryl/α,β-unsaturated/α-hetero) is 1. The van der Waals surface area contributed by atoms with Gasteiger partial charge in [0.1, 0.15) is 30.8 Å². The second-order valence-electron chi connectivity index (χ2n) is 8.77. The molecule has 4 aromatic rings. The molecule has 4 aromatic carbocycles. The van der Waals surface area contributed by atoms with Crippen LogP contribution in [0.15, 0.2) is 121 Å². The van der Waals surface area contributed by atoms with Crippen molar-refractivity contribution in [3.8, 4) is 11.5 Å². The summed E-state index contributed by atoms with van der Waals surface area (Å²) in [7, 11) is 0. The van der Waals surface area contributed by atoms with Crippen molar-refractivity contribution < 1.29 is 33.3 Å². The maximum atomic E-state index is 12.6. The van der Waals surface area contributed by atoms with Gasteiger partial charge in [-0.25, -0.2) is 9.59 Å². The molecule has 7 nitrogen and oxygen atoms in total. The van der Waals surface area contributed by atoms with Crippen LogP contribution < -0.4 is 9.47 Å². The number of hydrogen-bond donors (Lipinski definition) is 0. The van der Waals surface area contributed by atoms with E-state index in [9.17, 15) is 14.4 Å². The van der Waals surface area contributed by atoms with Crippen LogP contribution in [0.2, 0.25) is 0 Å². The number of carbonyl (C=O) groups excluding carboxylic acids is 3. The molecule has 40 heavy (non-hydrogen) atoms. The van der Waals surface area contributed by atoms with Gasteiger partial charge in [-0.2, -0.15) is 0 Å². The highest BCUT2D eigenvalue weighted by atomic mass is 16.6. The minimum atomic E-state index is -0.575. The van der Waals surface area contributed by atoms with E-state index in [1.54, 1.807) is 48.5 Å². The van der Waals surface area contributed by atoms with Gasteiger partial charge in [0.05, 0.1) is 6.10 Å². The van der Waals surface area contributed by atoms with Crippen LogP contribution in [0.5, 0.6) is 11.5 Å². The van der Waals surface area contributed by atoms with E-state index >= 15 is 0 Å². The van der Waals surface area contributed by atoms with Crippen molar-refractivity contribution in [2.24, 2.45) is 0 Å². The van der Waals surface area contributed by atoms with Crippen molar-refractivity contribution in [2.75, 3.05) is 13.2 Å². The van der Waals surface area contributed by atoms with Crippen molar-refractivity contribution in [1.29, 1.82) is 0 Å². The molecule has 206 valence electrons. The molecule has 0 aromatic heterocycles. The molecule has 0 bridgehead atoms. The first-order valence-corrected chi connectivity index (χ1v) is 12.8. The highest BCUT2D eigenvalue weighted by molar-refractivity contribution is 6.00. The van der Waals surface area contributed by atoms with Crippen molar-refractivity contribution in [1.82, 2.24) is 0 Å². The number of hydrogen-bond acceptors (Lipinski definition) is 7. The summed E-state index contributed by atoms with van der Waals surface area (Å²) in [6.07, 6.45) is -0.540. The van der Waals surface area contributed by atoms with E-state index in [0.717, 1.165) is 5.56 Å². The van der Waals surface area contributed by atoms with Gasteiger partial charge < -0.3 is 18.9 Å². The predicted octanol–water partition coefficient (Wildman–Crippen LogP) is 6.25. The highest BCUT2D eigenvalue weighted by Gasteiger charge is 2.23. The predicted molar refractivity (Wildman–Crippen MR) is 151 cm³/mol. The van der Waals surface area contributed by atoms with Crippen molar-refractivity contribution in [2.45, 2.75) is 26.1 Å². The van der Waals surface area contributed by atoms with Crippen LogP contribution in [0.1, 0.15) is 35.9 Å². The lowest BCUT2D eigenvalue weighted by Crippen LogP contribution is -2.21. The fraction of sp³-hybridized carbons (Fsp3) is 0.182. The maximum absolute atomic E-state index is 12.6. The lowest BCUT2D eigenvalue weighted by Gasteiger charge is -2.19. The number of carbonyl (C=O) groups is 3. The van der Waals surface area contributed by atoms with Crippen molar-refractivity contribution in [3.05, 3.63) is 132 Å². The van der Waals surface area contributed by atoms with Gasteiger partial charge in [0.15, 0.2) is 5.78 Å². The lowest BCUT2D eigenvalue weighted by atomic mass is 9.99. The van der Waals surface area contributed by atoms with E-state index in [4.69, 9.17) is 18.9 Å². The smallest absolute Gasteiger partial charge is 0.337 e.